The minimum atomic E-state index is -0.332. The van der Waals surface area contributed by atoms with Gasteiger partial charge < -0.3 is 9.84 Å². The third-order valence-electron chi connectivity index (χ3n) is 3.89. The SMILES string of the molecule is N#Cc1ccc(COc2ccc3c(c2)CCCC3O)cc1. The molecule has 3 rings (SSSR count). The predicted octanol–water partition coefficient (Wildman–Crippen LogP) is 3.51. The number of aryl methyl sites for hydroxylation is 1. The first-order chi connectivity index (χ1) is 10.3. The lowest BCUT2D eigenvalue weighted by Crippen LogP contribution is -2.09. The molecule has 0 aromatic heterocycles. The number of hydrogen-bond acceptors (Lipinski definition) is 3. The number of nitriles is 1. The summed E-state index contributed by atoms with van der Waals surface area (Å²) in [5.74, 6) is 0.826. The first-order valence-electron chi connectivity index (χ1n) is 7.19. The van der Waals surface area contributed by atoms with Crippen molar-refractivity contribution >= 4 is 0 Å². The van der Waals surface area contributed by atoms with Gasteiger partial charge in [0.1, 0.15) is 12.4 Å². The molecule has 2 aromatic carbocycles. The number of aliphatic hydroxyl groups excluding tert-OH is 1. The van der Waals surface area contributed by atoms with Gasteiger partial charge in [0.15, 0.2) is 0 Å². The molecular formula is C18H17NO2. The number of aliphatic hydroxyl groups is 1. The molecule has 1 aliphatic carbocycles. The van der Waals surface area contributed by atoms with E-state index in [2.05, 4.69) is 6.07 Å². The molecule has 1 aliphatic rings. The Morgan fingerprint density at radius 1 is 1.19 bits per heavy atom. The van der Waals surface area contributed by atoms with Gasteiger partial charge in [-0.15, -0.1) is 0 Å². The molecule has 0 bridgehead atoms. The van der Waals surface area contributed by atoms with E-state index in [4.69, 9.17) is 10.00 Å². The Labute approximate surface area is 124 Å². The van der Waals surface area contributed by atoms with Crippen LogP contribution in [0.5, 0.6) is 5.75 Å². The number of fused-ring (bicyclic) bond motifs is 1. The van der Waals surface area contributed by atoms with Crippen LogP contribution in [0.4, 0.5) is 0 Å². The maximum absolute atomic E-state index is 9.94. The van der Waals surface area contributed by atoms with E-state index in [9.17, 15) is 5.11 Å². The van der Waals surface area contributed by atoms with Crippen LogP contribution in [0.25, 0.3) is 0 Å². The second-order valence-electron chi connectivity index (χ2n) is 5.37. The van der Waals surface area contributed by atoms with Crippen LogP contribution < -0.4 is 4.74 Å². The van der Waals surface area contributed by atoms with Gasteiger partial charge in [-0.1, -0.05) is 18.2 Å². The van der Waals surface area contributed by atoms with Crippen molar-refractivity contribution in [2.75, 3.05) is 0 Å². The summed E-state index contributed by atoms with van der Waals surface area (Å²) in [5.41, 5.74) is 3.91. The summed E-state index contributed by atoms with van der Waals surface area (Å²) in [6, 6.07) is 15.4. The minimum Gasteiger partial charge on any atom is -0.489 e. The zero-order valence-corrected chi connectivity index (χ0v) is 11.7. The van der Waals surface area contributed by atoms with Gasteiger partial charge in [-0.05, 0) is 60.2 Å². The first kappa shape index (κ1) is 13.7. The Morgan fingerprint density at radius 2 is 2.00 bits per heavy atom. The molecule has 0 heterocycles. The number of rotatable bonds is 3. The van der Waals surface area contributed by atoms with Crippen LogP contribution in [0.2, 0.25) is 0 Å². The van der Waals surface area contributed by atoms with Gasteiger partial charge in [0, 0.05) is 0 Å². The highest BCUT2D eigenvalue weighted by Gasteiger charge is 2.18. The van der Waals surface area contributed by atoms with Crippen LogP contribution in [-0.4, -0.2) is 5.11 Å². The zero-order valence-electron chi connectivity index (χ0n) is 11.7. The van der Waals surface area contributed by atoms with Crippen LogP contribution in [-0.2, 0) is 13.0 Å². The molecule has 0 saturated carbocycles. The van der Waals surface area contributed by atoms with Crippen molar-refractivity contribution in [3.63, 3.8) is 0 Å². The van der Waals surface area contributed by atoms with Crippen molar-refractivity contribution in [3.8, 4) is 11.8 Å². The topological polar surface area (TPSA) is 53.2 Å². The van der Waals surface area contributed by atoms with E-state index in [-0.39, 0.29) is 6.10 Å². The molecule has 3 heteroatoms. The quantitative estimate of drug-likeness (QED) is 0.935. The van der Waals surface area contributed by atoms with E-state index in [0.29, 0.717) is 12.2 Å². The fraction of sp³-hybridized carbons (Fsp3) is 0.278. The summed E-state index contributed by atoms with van der Waals surface area (Å²) in [4.78, 5) is 0. The molecule has 1 atom stereocenters. The van der Waals surface area contributed by atoms with Crippen LogP contribution in [0.3, 0.4) is 0 Å². The average Bonchev–Trinajstić information content (AvgIpc) is 2.53. The molecule has 0 aliphatic heterocycles. The molecule has 0 saturated heterocycles. The maximum Gasteiger partial charge on any atom is 0.120 e. The molecule has 0 spiro atoms. The third kappa shape index (κ3) is 3.07. The van der Waals surface area contributed by atoms with Crippen molar-refractivity contribution in [2.45, 2.75) is 32.0 Å². The minimum absolute atomic E-state index is 0.332. The van der Waals surface area contributed by atoms with Crippen molar-refractivity contribution < 1.29 is 9.84 Å². The lowest BCUT2D eigenvalue weighted by molar-refractivity contribution is 0.156. The highest BCUT2D eigenvalue weighted by Crippen LogP contribution is 2.32. The average molecular weight is 279 g/mol. The van der Waals surface area contributed by atoms with Gasteiger partial charge in [-0.25, -0.2) is 0 Å². The predicted molar refractivity (Wildman–Crippen MR) is 79.8 cm³/mol. The summed E-state index contributed by atoms with van der Waals surface area (Å²) in [6.07, 6.45) is 2.54. The van der Waals surface area contributed by atoms with E-state index < -0.39 is 0 Å². The summed E-state index contributed by atoms with van der Waals surface area (Å²) >= 11 is 0. The lowest BCUT2D eigenvalue weighted by Gasteiger charge is -2.21. The first-order valence-corrected chi connectivity index (χ1v) is 7.19. The highest BCUT2D eigenvalue weighted by molar-refractivity contribution is 5.38. The molecule has 106 valence electrons. The fourth-order valence-electron chi connectivity index (χ4n) is 2.70. The Kier molecular flexibility index (Phi) is 3.89. The number of nitrogens with zero attached hydrogens (tertiary/aromatic N) is 1. The van der Waals surface area contributed by atoms with Crippen molar-refractivity contribution in [1.29, 1.82) is 5.26 Å². The van der Waals surface area contributed by atoms with E-state index in [1.54, 1.807) is 12.1 Å². The van der Waals surface area contributed by atoms with Crippen LogP contribution in [0.1, 0.15) is 41.2 Å². The number of benzene rings is 2. The summed E-state index contributed by atoms with van der Waals surface area (Å²) in [6.45, 7) is 0.479. The Balaban J connectivity index is 1.69. The number of hydrogen-bond donors (Lipinski definition) is 1. The second-order valence-corrected chi connectivity index (χ2v) is 5.37. The monoisotopic (exact) mass is 279 g/mol. The van der Waals surface area contributed by atoms with Crippen LogP contribution in [0.15, 0.2) is 42.5 Å². The molecule has 0 radical (unpaired) electrons. The van der Waals surface area contributed by atoms with Gasteiger partial charge in [-0.3, -0.25) is 0 Å². The largest absolute Gasteiger partial charge is 0.489 e. The Bertz CT molecular complexity index is 671. The van der Waals surface area contributed by atoms with Gasteiger partial charge in [-0.2, -0.15) is 5.26 Å². The Hall–Kier alpha value is -2.31. The standard InChI is InChI=1S/C18H17NO2/c19-11-13-4-6-14(7-5-13)12-21-16-8-9-17-15(10-16)2-1-3-18(17)20/h4-10,18,20H,1-3,12H2. The van der Waals surface area contributed by atoms with Crippen molar-refractivity contribution in [3.05, 3.63) is 64.7 Å². The van der Waals surface area contributed by atoms with Crippen LogP contribution >= 0.6 is 0 Å². The Morgan fingerprint density at radius 3 is 2.76 bits per heavy atom. The van der Waals surface area contributed by atoms with E-state index >= 15 is 0 Å². The van der Waals surface area contributed by atoms with Gasteiger partial charge in [0.05, 0.1) is 17.7 Å². The summed E-state index contributed by atoms with van der Waals surface area (Å²) < 4.78 is 5.80. The second kappa shape index (κ2) is 5.99. The molecule has 1 unspecified atom stereocenters. The van der Waals surface area contributed by atoms with E-state index in [1.165, 1.54) is 5.56 Å². The van der Waals surface area contributed by atoms with Crippen molar-refractivity contribution in [1.82, 2.24) is 0 Å². The summed E-state index contributed by atoms with van der Waals surface area (Å²) in [7, 11) is 0. The van der Waals surface area contributed by atoms with Crippen molar-refractivity contribution in [2.24, 2.45) is 0 Å². The maximum atomic E-state index is 9.94. The number of ether oxygens (including phenoxy) is 1. The van der Waals surface area contributed by atoms with E-state index in [1.807, 2.05) is 30.3 Å². The normalized spacial score (nSPS) is 16.9. The molecule has 2 aromatic rings. The smallest absolute Gasteiger partial charge is 0.120 e. The van der Waals surface area contributed by atoms with E-state index in [0.717, 1.165) is 36.1 Å². The van der Waals surface area contributed by atoms with Gasteiger partial charge >= 0.3 is 0 Å². The lowest BCUT2D eigenvalue weighted by atomic mass is 9.89. The highest BCUT2D eigenvalue weighted by atomic mass is 16.5. The molecule has 1 N–H and O–H groups in total. The van der Waals surface area contributed by atoms with Crippen LogP contribution in [0, 0.1) is 11.3 Å². The summed E-state index contributed by atoms with van der Waals surface area (Å²) in [5, 5.41) is 18.7. The zero-order chi connectivity index (χ0) is 14.7. The van der Waals surface area contributed by atoms with Gasteiger partial charge in [0.2, 0.25) is 0 Å². The molecule has 21 heavy (non-hydrogen) atoms. The fourth-order valence-corrected chi connectivity index (χ4v) is 2.70. The molecule has 0 amide bonds. The molecule has 0 fully saturated rings. The molecular weight excluding hydrogens is 262 g/mol. The molecule has 3 nitrogen and oxygen atoms in total. The third-order valence-corrected chi connectivity index (χ3v) is 3.89. The van der Waals surface area contributed by atoms with Gasteiger partial charge in [0.25, 0.3) is 0 Å².